The Labute approximate surface area is 124 Å². The molecule has 6 heteroatoms. The third-order valence-electron chi connectivity index (χ3n) is 2.63. The molecular weight excluding hydrogens is 377 g/mol. The first-order valence-corrected chi connectivity index (χ1v) is 7.96. The molecule has 4 nitrogen and oxygen atoms in total. The van der Waals surface area contributed by atoms with E-state index in [1.54, 1.807) is 30.3 Å². The molecule has 0 N–H and O–H groups in total. The van der Waals surface area contributed by atoms with Crippen LogP contribution in [0.25, 0.3) is 0 Å². The van der Waals surface area contributed by atoms with Gasteiger partial charge in [-0.05, 0) is 59.0 Å². The Balaban J connectivity index is 2.01. The maximum Gasteiger partial charge on any atom is 0.286 e. The van der Waals surface area contributed by atoms with Gasteiger partial charge >= 0.3 is 0 Å². The van der Waals surface area contributed by atoms with E-state index in [-0.39, 0.29) is 10.8 Å². The molecule has 2 aromatic carbocycles. The molecule has 0 saturated carbocycles. The number of hydrogen-bond acceptors (Lipinski definition) is 3. The predicted octanol–water partition coefficient (Wildman–Crippen LogP) is 2.82. The molecule has 96 valence electrons. The van der Waals surface area contributed by atoms with Crippen LogP contribution in [-0.4, -0.2) is 14.3 Å². The lowest BCUT2D eigenvalue weighted by Gasteiger charge is -2.05. The highest BCUT2D eigenvalue weighted by atomic mass is 127. The Bertz CT molecular complexity index is 767. The van der Waals surface area contributed by atoms with Crippen molar-refractivity contribution in [2.75, 3.05) is 0 Å². The number of fused-ring (bicyclic) bond motifs is 1. The molecule has 1 heterocycles. The minimum absolute atomic E-state index is 0.122. The fraction of sp³-hybridized carbons (Fsp3) is 0. The molecule has 0 unspecified atom stereocenters. The summed E-state index contributed by atoms with van der Waals surface area (Å²) in [4.78, 5) is 0.190. The molecular formula is C13H8INO3S. The van der Waals surface area contributed by atoms with Crippen molar-refractivity contribution in [3.05, 3.63) is 57.7 Å². The van der Waals surface area contributed by atoms with E-state index in [1.807, 2.05) is 12.1 Å². The molecule has 0 atom stereocenters. The van der Waals surface area contributed by atoms with Crippen molar-refractivity contribution in [3.8, 4) is 5.75 Å². The first kappa shape index (κ1) is 12.6. The Kier molecular flexibility index (Phi) is 3.06. The first-order valence-electron chi connectivity index (χ1n) is 5.44. The molecule has 1 aliphatic heterocycles. The lowest BCUT2D eigenvalue weighted by atomic mass is 10.2. The Morgan fingerprint density at radius 2 is 1.68 bits per heavy atom. The van der Waals surface area contributed by atoms with Crippen LogP contribution in [0.4, 0.5) is 0 Å². The lowest BCUT2D eigenvalue weighted by Crippen LogP contribution is -2.07. The molecule has 3 rings (SSSR count). The van der Waals surface area contributed by atoms with Crippen LogP contribution in [0, 0.1) is 3.57 Å². The summed E-state index contributed by atoms with van der Waals surface area (Å²) in [6, 6.07) is 13.9. The Morgan fingerprint density at radius 1 is 1.00 bits per heavy atom. The summed E-state index contributed by atoms with van der Waals surface area (Å²) in [5.41, 5.74) is 0.501. The van der Waals surface area contributed by atoms with E-state index in [9.17, 15) is 8.42 Å². The number of ether oxygens (including phenoxy) is 1. The van der Waals surface area contributed by atoms with Gasteiger partial charge in [0.15, 0.2) is 0 Å². The van der Waals surface area contributed by atoms with E-state index in [2.05, 4.69) is 27.0 Å². The van der Waals surface area contributed by atoms with Crippen LogP contribution >= 0.6 is 22.6 Å². The van der Waals surface area contributed by atoms with Crippen molar-refractivity contribution in [2.24, 2.45) is 4.40 Å². The summed E-state index contributed by atoms with van der Waals surface area (Å²) in [5.74, 6) is 0.683. The molecule has 0 saturated heterocycles. The first-order chi connectivity index (χ1) is 9.06. The normalized spacial score (nSPS) is 15.7. The zero-order chi connectivity index (χ0) is 13.5. The lowest BCUT2D eigenvalue weighted by molar-refractivity contribution is 0.553. The van der Waals surface area contributed by atoms with Gasteiger partial charge in [0.2, 0.25) is 5.90 Å². The molecule has 1 aliphatic rings. The van der Waals surface area contributed by atoms with Gasteiger partial charge in [-0.3, -0.25) is 0 Å². The highest BCUT2D eigenvalue weighted by Gasteiger charge is 2.29. The fourth-order valence-corrected chi connectivity index (χ4v) is 3.26. The van der Waals surface area contributed by atoms with Gasteiger partial charge in [0.1, 0.15) is 10.6 Å². The van der Waals surface area contributed by atoms with Crippen LogP contribution in [0.15, 0.2) is 57.8 Å². The van der Waals surface area contributed by atoms with Gasteiger partial charge in [-0.25, -0.2) is 0 Å². The summed E-state index contributed by atoms with van der Waals surface area (Å²) < 4.78 is 34.0. The van der Waals surface area contributed by atoms with E-state index in [1.165, 1.54) is 6.07 Å². The van der Waals surface area contributed by atoms with Gasteiger partial charge in [-0.15, -0.1) is 4.40 Å². The number of benzene rings is 2. The maximum absolute atomic E-state index is 11.8. The van der Waals surface area contributed by atoms with Gasteiger partial charge in [-0.2, -0.15) is 8.42 Å². The Morgan fingerprint density at radius 3 is 2.42 bits per heavy atom. The van der Waals surface area contributed by atoms with Crippen LogP contribution in [0.5, 0.6) is 5.75 Å². The van der Waals surface area contributed by atoms with Gasteiger partial charge in [0.05, 0.1) is 5.56 Å². The molecule has 0 bridgehead atoms. The van der Waals surface area contributed by atoms with Crippen LogP contribution < -0.4 is 4.74 Å². The third-order valence-corrected chi connectivity index (χ3v) is 4.66. The van der Waals surface area contributed by atoms with E-state index in [4.69, 9.17) is 4.74 Å². The highest BCUT2D eigenvalue weighted by Crippen LogP contribution is 2.27. The fourth-order valence-electron chi connectivity index (χ4n) is 1.76. The van der Waals surface area contributed by atoms with Crippen LogP contribution in [0.3, 0.4) is 0 Å². The second kappa shape index (κ2) is 4.61. The quantitative estimate of drug-likeness (QED) is 0.710. The zero-order valence-corrected chi connectivity index (χ0v) is 12.6. The van der Waals surface area contributed by atoms with E-state index in [0.29, 0.717) is 11.3 Å². The second-order valence-electron chi connectivity index (χ2n) is 3.92. The van der Waals surface area contributed by atoms with E-state index < -0.39 is 10.0 Å². The topological polar surface area (TPSA) is 55.7 Å². The summed E-state index contributed by atoms with van der Waals surface area (Å²) in [6.45, 7) is 0. The number of rotatable bonds is 1. The molecule has 0 radical (unpaired) electrons. The zero-order valence-electron chi connectivity index (χ0n) is 9.58. The van der Waals surface area contributed by atoms with Gasteiger partial charge < -0.3 is 4.74 Å². The largest absolute Gasteiger partial charge is 0.438 e. The van der Waals surface area contributed by atoms with Crippen molar-refractivity contribution >= 4 is 38.5 Å². The van der Waals surface area contributed by atoms with Crippen molar-refractivity contribution in [1.29, 1.82) is 0 Å². The van der Waals surface area contributed by atoms with E-state index >= 15 is 0 Å². The maximum atomic E-state index is 11.8. The Hall–Kier alpha value is -1.41. The number of nitrogens with zero attached hydrogens (tertiary/aromatic N) is 1. The summed E-state index contributed by atoms with van der Waals surface area (Å²) in [6.07, 6.45) is 0. The standard InChI is InChI=1S/C13H8INO3S/c14-9-5-7-10(8-6-9)18-13-11-3-1-2-4-12(11)19(16,17)15-13/h1-8H. The van der Waals surface area contributed by atoms with Crippen molar-refractivity contribution < 1.29 is 13.2 Å². The molecule has 19 heavy (non-hydrogen) atoms. The molecule has 0 aromatic heterocycles. The van der Waals surface area contributed by atoms with Crippen molar-refractivity contribution in [2.45, 2.75) is 4.90 Å². The average molecular weight is 385 g/mol. The van der Waals surface area contributed by atoms with E-state index in [0.717, 1.165) is 3.57 Å². The van der Waals surface area contributed by atoms with Gasteiger partial charge in [0.25, 0.3) is 10.0 Å². The van der Waals surface area contributed by atoms with Crippen LogP contribution in [0.2, 0.25) is 0 Å². The van der Waals surface area contributed by atoms with Crippen LogP contribution in [-0.2, 0) is 10.0 Å². The highest BCUT2D eigenvalue weighted by molar-refractivity contribution is 14.1. The molecule has 0 amide bonds. The number of halogens is 1. The SMILES string of the molecule is O=S1(=O)N=C(Oc2ccc(I)cc2)c2ccccc21. The van der Waals surface area contributed by atoms with Crippen molar-refractivity contribution in [1.82, 2.24) is 0 Å². The minimum atomic E-state index is -3.62. The summed E-state index contributed by atoms with van der Waals surface area (Å²) >= 11 is 2.19. The number of hydrogen-bond donors (Lipinski definition) is 0. The summed E-state index contributed by atoms with van der Waals surface area (Å²) in [7, 11) is -3.62. The number of sulfonamides is 1. The molecule has 0 aliphatic carbocycles. The monoisotopic (exact) mass is 385 g/mol. The smallest absolute Gasteiger partial charge is 0.286 e. The minimum Gasteiger partial charge on any atom is -0.438 e. The van der Waals surface area contributed by atoms with Crippen molar-refractivity contribution in [3.63, 3.8) is 0 Å². The molecule has 0 fully saturated rings. The predicted molar refractivity (Wildman–Crippen MR) is 80.0 cm³/mol. The van der Waals surface area contributed by atoms with Crippen LogP contribution in [0.1, 0.15) is 5.56 Å². The molecule has 0 spiro atoms. The molecule has 2 aromatic rings. The third kappa shape index (κ3) is 2.37. The second-order valence-corrected chi connectivity index (χ2v) is 6.74. The van der Waals surface area contributed by atoms with Gasteiger partial charge in [0, 0.05) is 3.57 Å². The average Bonchev–Trinajstić information content (AvgIpc) is 2.65. The van der Waals surface area contributed by atoms with Gasteiger partial charge in [-0.1, -0.05) is 12.1 Å². The summed E-state index contributed by atoms with van der Waals surface area (Å²) in [5, 5.41) is 0.